The molecule has 1 amide bonds. The number of fused-ring (bicyclic) bond motifs is 3. The van der Waals surface area contributed by atoms with E-state index in [9.17, 15) is 4.79 Å². The van der Waals surface area contributed by atoms with Gasteiger partial charge in [-0.05, 0) is 23.8 Å². The zero-order valence-electron chi connectivity index (χ0n) is 15.6. The van der Waals surface area contributed by atoms with Gasteiger partial charge in [-0.15, -0.1) is 0 Å². The molecule has 146 valence electrons. The van der Waals surface area contributed by atoms with Gasteiger partial charge in [0.25, 0.3) is 0 Å². The monoisotopic (exact) mass is 384 g/mol. The zero-order valence-corrected chi connectivity index (χ0v) is 15.6. The molecule has 0 saturated carbocycles. The Morgan fingerprint density at radius 3 is 2.32 bits per heavy atom. The Labute approximate surface area is 161 Å². The van der Waals surface area contributed by atoms with E-state index in [-0.39, 0.29) is 24.9 Å². The number of rotatable bonds is 3. The smallest absolute Gasteiger partial charge is 0.412 e. The highest BCUT2D eigenvalue weighted by molar-refractivity contribution is 5.77. The minimum atomic E-state index is -0.379. The van der Waals surface area contributed by atoms with Crippen molar-refractivity contribution >= 4 is 11.8 Å². The van der Waals surface area contributed by atoms with Crippen LogP contribution in [0, 0.1) is 0 Å². The second kappa shape index (κ2) is 6.40. The van der Waals surface area contributed by atoms with Crippen molar-refractivity contribution in [1.82, 2.24) is 4.90 Å². The predicted molar refractivity (Wildman–Crippen MR) is 99.4 cm³/mol. The van der Waals surface area contributed by atoms with E-state index >= 15 is 0 Å². The number of hydrogen-bond donors (Lipinski definition) is 1. The average molecular weight is 384 g/mol. The Balaban J connectivity index is 1.70. The molecule has 2 aromatic carbocycles. The molecule has 8 nitrogen and oxygen atoms in total. The fourth-order valence-corrected chi connectivity index (χ4v) is 3.94. The number of nitrogens with one attached hydrogen (secondary N) is 1. The van der Waals surface area contributed by atoms with Crippen LogP contribution in [-0.2, 0) is 4.74 Å². The number of benzene rings is 2. The molecule has 2 aromatic rings. The van der Waals surface area contributed by atoms with E-state index in [0.29, 0.717) is 36.2 Å². The highest BCUT2D eigenvalue weighted by Crippen LogP contribution is 2.47. The summed E-state index contributed by atoms with van der Waals surface area (Å²) < 4.78 is 27.7. The van der Waals surface area contributed by atoms with E-state index in [0.717, 1.165) is 16.8 Å². The molecular weight excluding hydrogens is 364 g/mol. The predicted octanol–water partition coefficient (Wildman–Crippen LogP) is 2.77. The summed E-state index contributed by atoms with van der Waals surface area (Å²) in [6, 6.07) is 9.08. The van der Waals surface area contributed by atoms with Gasteiger partial charge in [0.05, 0.1) is 20.3 Å². The van der Waals surface area contributed by atoms with Crippen molar-refractivity contribution in [1.29, 1.82) is 0 Å². The second-order valence-corrected chi connectivity index (χ2v) is 6.78. The molecule has 3 aliphatic heterocycles. The standard InChI is InChI=1S/C20H20N2O6/c1-24-12-5-11(6-13(7-12)25-2)19-14-8-16-17(27-4-3-26-16)9-15(14)21-18-10-28-20(23)22(18)19/h5-9,18-19,21H,3-4,10H2,1-2H3/t18-,19-/m1/s1. The first kappa shape index (κ1) is 16.9. The Kier molecular flexibility index (Phi) is 3.85. The third kappa shape index (κ3) is 2.56. The summed E-state index contributed by atoms with van der Waals surface area (Å²) in [5.41, 5.74) is 2.64. The number of methoxy groups -OCH3 is 2. The lowest BCUT2D eigenvalue weighted by Gasteiger charge is -2.39. The van der Waals surface area contributed by atoms with Crippen LogP contribution in [0.2, 0.25) is 0 Å². The van der Waals surface area contributed by atoms with Crippen LogP contribution in [0.3, 0.4) is 0 Å². The molecule has 3 heterocycles. The quantitative estimate of drug-likeness (QED) is 0.872. The maximum atomic E-state index is 12.5. The minimum absolute atomic E-state index is 0.268. The molecule has 0 radical (unpaired) electrons. The molecule has 1 saturated heterocycles. The summed E-state index contributed by atoms with van der Waals surface area (Å²) in [7, 11) is 3.20. The largest absolute Gasteiger partial charge is 0.497 e. The summed E-state index contributed by atoms with van der Waals surface area (Å²) >= 11 is 0. The SMILES string of the molecule is COc1cc(OC)cc([C@@H]2c3cc4c(cc3N[C@H]3COC(=O)N23)OCCO4)c1. The Bertz CT molecular complexity index is 924. The van der Waals surface area contributed by atoms with Crippen molar-refractivity contribution in [2.24, 2.45) is 0 Å². The summed E-state index contributed by atoms with van der Waals surface area (Å²) in [6.45, 7) is 1.27. The topological polar surface area (TPSA) is 78.5 Å². The second-order valence-electron chi connectivity index (χ2n) is 6.78. The van der Waals surface area contributed by atoms with Crippen LogP contribution in [0.1, 0.15) is 17.2 Å². The Hall–Kier alpha value is -3.29. The van der Waals surface area contributed by atoms with E-state index in [1.54, 1.807) is 25.2 Å². The van der Waals surface area contributed by atoms with Crippen LogP contribution in [0.4, 0.5) is 10.5 Å². The number of anilines is 1. The Morgan fingerprint density at radius 1 is 0.964 bits per heavy atom. The summed E-state index contributed by atoms with van der Waals surface area (Å²) in [6.07, 6.45) is -0.644. The number of nitrogens with zero attached hydrogens (tertiary/aromatic N) is 1. The molecule has 28 heavy (non-hydrogen) atoms. The molecule has 0 bridgehead atoms. The number of amides is 1. The van der Waals surface area contributed by atoms with E-state index in [2.05, 4.69) is 5.32 Å². The van der Waals surface area contributed by atoms with Gasteiger partial charge >= 0.3 is 6.09 Å². The zero-order chi connectivity index (χ0) is 19.3. The Morgan fingerprint density at radius 2 is 1.64 bits per heavy atom. The first-order valence-electron chi connectivity index (χ1n) is 9.06. The summed E-state index contributed by atoms with van der Waals surface area (Å²) in [5, 5.41) is 3.38. The van der Waals surface area contributed by atoms with Crippen LogP contribution in [0.25, 0.3) is 0 Å². The van der Waals surface area contributed by atoms with E-state index in [1.807, 2.05) is 24.3 Å². The number of carbonyl (C=O) groups is 1. The number of carbonyl (C=O) groups excluding carboxylic acids is 1. The molecule has 0 aromatic heterocycles. The van der Waals surface area contributed by atoms with E-state index in [4.69, 9.17) is 23.7 Å². The van der Waals surface area contributed by atoms with Crippen LogP contribution in [-0.4, -0.2) is 51.2 Å². The van der Waals surface area contributed by atoms with Gasteiger partial charge in [-0.3, -0.25) is 4.90 Å². The average Bonchev–Trinajstić information content (AvgIpc) is 3.10. The maximum Gasteiger partial charge on any atom is 0.412 e. The highest BCUT2D eigenvalue weighted by Gasteiger charge is 2.45. The van der Waals surface area contributed by atoms with Crippen LogP contribution in [0.5, 0.6) is 23.0 Å². The first-order valence-corrected chi connectivity index (χ1v) is 9.06. The molecule has 0 aliphatic carbocycles. The van der Waals surface area contributed by atoms with Gasteiger partial charge in [0, 0.05) is 23.4 Å². The summed E-state index contributed by atoms with van der Waals surface area (Å²) in [4.78, 5) is 14.2. The lowest BCUT2D eigenvalue weighted by atomic mass is 9.92. The molecule has 5 rings (SSSR count). The third-order valence-electron chi connectivity index (χ3n) is 5.21. The van der Waals surface area contributed by atoms with Gasteiger partial charge in [-0.2, -0.15) is 0 Å². The van der Waals surface area contributed by atoms with Crippen LogP contribution >= 0.6 is 0 Å². The van der Waals surface area contributed by atoms with Crippen LogP contribution < -0.4 is 24.3 Å². The molecule has 1 fully saturated rings. The molecule has 2 atom stereocenters. The molecular formula is C20H20N2O6. The van der Waals surface area contributed by atoms with E-state index < -0.39 is 0 Å². The van der Waals surface area contributed by atoms with Gasteiger partial charge in [0.15, 0.2) is 11.5 Å². The number of hydrogen-bond acceptors (Lipinski definition) is 7. The molecule has 0 unspecified atom stereocenters. The molecule has 0 spiro atoms. The van der Waals surface area contributed by atoms with E-state index in [1.165, 1.54) is 0 Å². The fourth-order valence-electron chi connectivity index (χ4n) is 3.94. The maximum absolute atomic E-state index is 12.5. The van der Waals surface area contributed by atoms with Gasteiger partial charge in [0.2, 0.25) is 0 Å². The molecule has 8 heteroatoms. The van der Waals surface area contributed by atoms with Gasteiger partial charge in [-0.25, -0.2) is 4.79 Å². The van der Waals surface area contributed by atoms with Crippen molar-refractivity contribution in [2.45, 2.75) is 12.2 Å². The fraction of sp³-hybridized carbons (Fsp3) is 0.350. The van der Waals surface area contributed by atoms with Gasteiger partial charge < -0.3 is 29.0 Å². The normalized spacial score (nSPS) is 21.9. The summed E-state index contributed by atoms with van der Waals surface area (Å²) in [5.74, 6) is 2.66. The lowest BCUT2D eigenvalue weighted by Crippen LogP contribution is -2.46. The minimum Gasteiger partial charge on any atom is -0.497 e. The lowest BCUT2D eigenvalue weighted by molar-refractivity contribution is 0.149. The van der Waals surface area contributed by atoms with Crippen molar-refractivity contribution in [2.75, 3.05) is 39.4 Å². The highest BCUT2D eigenvalue weighted by atomic mass is 16.6. The van der Waals surface area contributed by atoms with Crippen molar-refractivity contribution < 1.29 is 28.5 Å². The van der Waals surface area contributed by atoms with Crippen LogP contribution in [0.15, 0.2) is 30.3 Å². The molecule has 3 aliphatic rings. The van der Waals surface area contributed by atoms with Crippen molar-refractivity contribution in [3.05, 3.63) is 41.5 Å². The van der Waals surface area contributed by atoms with Crippen molar-refractivity contribution in [3.63, 3.8) is 0 Å². The third-order valence-corrected chi connectivity index (χ3v) is 5.21. The number of cyclic esters (lactones) is 1. The first-order chi connectivity index (χ1) is 13.7. The van der Waals surface area contributed by atoms with Gasteiger partial charge in [0.1, 0.15) is 37.5 Å². The molecule has 1 N–H and O–H groups in total. The van der Waals surface area contributed by atoms with Gasteiger partial charge in [-0.1, -0.05) is 0 Å². The number of ether oxygens (including phenoxy) is 5. The van der Waals surface area contributed by atoms with Crippen molar-refractivity contribution in [3.8, 4) is 23.0 Å².